The molecule has 4 aromatic rings. The Morgan fingerprint density at radius 3 is 2.54 bits per heavy atom. The van der Waals surface area contributed by atoms with E-state index in [-0.39, 0.29) is 11.5 Å². The van der Waals surface area contributed by atoms with Crippen LogP contribution in [0.25, 0.3) is 33.1 Å². The summed E-state index contributed by atoms with van der Waals surface area (Å²) in [6.07, 6.45) is 0. The second-order valence-electron chi connectivity index (χ2n) is 5.54. The normalized spacial score (nSPS) is 11.2. The summed E-state index contributed by atoms with van der Waals surface area (Å²) in [4.78, 5) is 24.3. The highest BCUT2D eigenvalue weighted by atomic mass is 19.1. The van der Waals surface area contributed by atoms with Crippen LogP contribution in [0.4, 0.5) is 4.39 Å². The number of benzene rings is 2. The third-order valence-corrected chi connectivity index (χ3v) is 4.00. The zero-order valence-corrected chi connectivity index (χ0v) is 12.7. The third-order valence-electron chi connectivity index (χ3n) is 4.00. The first kappa shape index (κ1) is 14.4. The molecule has 0 fully saturated rings. The highest BCUT2D eigenvalue weighted by molar-refractivity contribution is 6.14. The lowest BCUT2D eigenvalue weighted by atomic mass is 10.1. The molecule has 0 aliphatic heterocycles. The number of hydrogen-bond donors (Lipinski definition) is 0. The summed E-state index contributed by atoms with van der Waals surface area (Å²) in [5.41, 5.74) is 1.97. The monoisotopic (exact) mass is 321 g/mol. The molecule has 0 amide bonds. The van der Waals surface area contributed by atoms with Crippen molar-refractivity contribution >= 4 is 27.9 Å². The number of carbonyl (C=O) groups excluding carboxylic acids is 1. The van der Waals surface area contributed by atoms with Crippen molar-refractivity contribution < 1.29 is 13.6 Å². The van der Waals surface area contributed by atoms with E-state index in [0.717, 1.165) is 5.56 Å². The minimum atomic E-state index is -0.520. The smallest absolute Gasteiger partial charge is 0.336 e. The van der Waals surface area contributed by atoms with Crippen molar-refractivity contribution in [2.24, 2.45) is 0 Å². The average molecular weight is 321 g/mol. The van der Waals surface area contributed by atoms with Crippen LogP contribution in [0.15, 0.2) is 63.8 Å². The molecule has 0 aliphatic carbocycles. The Hall–Kier alpha value is -3.21. The SMILES string of the molecule is CC(=O)n1c2cc(F)ccc2c2oc(=O)cc(-c3ccccc3)c21. The summed E-state index contributed by atoms with van der Waals surface area (Å²) in [7, 11) is 0. The Kier molecular flexibility index (Phi) is 3.09. The van der Waals surface area contributed by atoms with E-state index in [0.29, 0.717) is 22.0 Å². The predicted octanol–water partition coefficient (Wildman–Crippen LogP) is 4.21. The first-order valence-electron chi connectivity index (χ1n) is 7.40. The maximum absolute atomic E-state index is 13.7. The zero-order chi connectivity index (χ0) is 16.8. The van der Waals surface area contributed by atoms with Crippen LogP contribution in [0.1, 0.15) is 11.7 Å². The average Bonchev–Trinajstić information content (AvgIpc) is 2.88. The number of fused-ring (bicyclic) bond motifs is 3. The molecule has 4 rings (SSSR count). The summed E-state index contributed by atoms with van der Waals surface area (Å²) in [6.45, 7) is 1.39. The minimum Gasteiger partial charge on any atom is -0.420 e. The largest absolute Gasteiger partial charge is 0.420 e. The van der Waals surface area contributed by atoms with E-state index in [2.05, 4.69) is 0 Å². The molecule has 24 heavy (non-hydrogen) atoms. The highest BCUT2D eigenvalue weighted by Crippen LogP contribution is 2.35. The molecule has 0 radical (unpaired) electrons. The number of hydrogen-bond acceptors (Lipinski definition) is 3. The van der Waals surface area contributed by atoms with E-state index in [1.54, 1.807) is 0 Å². The van der Waals surface area contributed by atoms with E-state index in [1.165, 1.54) is 35.8 Å². The summed E-state index contributed by atoms with van der Waals surface area (Å²) in [5.74, 6) is -0.747. The molecule has 0 atom stereocenters. The van der Waals surface area contributed by atoms with Gasteiger partial charge in [-0.05, 0) is 23.8 Å². The van der Waals surface area contributed by atoms with Crippen molar-refractivity contribution in [2.45, 2.75) is 6.92 Å². The van der Waals surface area contributed by atoms with Crippen molar-refractivity contribution in [3.8, 4) is 11.1 Å². The lowest BCUT2D eigenvalue weighted by molar-refractivity contribution is 0.0946. The van der Waals surface area contributed by atoms with Gasteiger partial charge in [0.15, 0.2) is 5.58 Å². The molecule has 2 aromatic heterocycles. The molecule has 118 valence electrons. The molecule has 0 saturated heterocycles. The molecule has 0 N–H and O–H groups in total. The molecule has 2 aromatic carbocycles. The molecular weight excluding hydrogens is 309 g/mol. The Bertz CT molecular complexity index is 1160. The molecule has 5 heteroatoms. The van der Waals surface area contributed by atoms with Gasteiger partial charge in [0.1, 0.15) is 11.3 Å². The summed E-state index contributed by atoms with van der Waals surface area (Å²) in [6, 6.07) is 14.7. The fourth-order valence-corrected chi connectivity index (χ4v) is 3.06. The topological polar surface area (TPSA) is 52.2 Å². The van der Waals surface area contributed by atoms with Crippen LogP contribution in [-0.2, 0) is 0 Å². The van der Waals surface area contributed by atoms with Crippen molar-refractivity contribution in [1.82, 2.24) is 4.57 Å². The van der Waals surface area contributed by atoms with Crippen molar-refractivity contribution in [3.05, 3.63) is 70.8 Å². The van der Waals surface area contributed by atoms with Gasteiger partial charge in [0.2, 0.25) is 5.91 Å². The molecule has 0 spiro atoms. The van der Waals surface area contributed by atoms with Gasteiger partial charge >= 0.3 is 5.63 Å². The lowest BCUT2D eigenvalue weighted by Crippen LogP contribution is -2.07. The van der Waals surface area contributed by atoms with Gasteiger partial charge in [-0.25, -0.2) is 9.18 Å². The molecule has 4 nitrogen and oxygen atoms in total. The van der Waals surface area contributed by atoms with E-state index < -0.39 is 11.4 Å². The second-order valence-corrected chi connectivity index (χ2v) is 5.54. The maximum atomic E-state index is 13.7. The third kappa shape index (κ3) is 2.06. The first-order chi connectivity index (χ1) is 11.6. The quantitative estimate of drug-likeness (QED) is 0.527. The van der Waals surface area contributed by atoms with Crippen LogP contribution >= 0.6 is 0 Å². The van der Waals surface area contributed by atoms with Gasteiger partial charge in [0.05, 0.1) is 5.52 Å². The van der Waals surface area contributed by atoms with Crippen LogP contribution in [0, 0.1) is 5.82 Å². The van der Waals surface area contributed by atoms with Gasteiger partial charge in [0, 0.05) is 23.9 Å². The highest BCUT2D eigenvalue weighted by Gasteiger charge is 2.20. The summed E-state index contributed by atoms with van der Waals surface area (Å²) in [5, 5.41) is 0.525. The summed E-state index contributed by atoms with van der Waals surface area (Å²) < 4.78 is 20.4. The minimum absolute atomic E-state index is 0.284. The van der Waals surface area contributed by atoms with Crippen LogP contribution < -0.4 is 5.63 Å². The maximum Gasteiger partial charge on any atom is 0.336 e. The fraction of sp³-hybridized carbons (Fsp3) is 0.0526. The number of carbonyl (C=O) groups is 1. The van der Waals surface area contributed by atoms with Gasteiger partial charge < -0.3 is 4.42 Å². The molecular formula is C19H12FNO3. The Morgan fingerprint density at radius 1 is 1.08 bits per heavy atom. The molecule has 2 heterocycles. The van der Waals surface area contributed by atoms with Gasteiger partial charge in [-0.15, -0.1) is 0 Å². The molecule has 0 aliphatic rings. The number of nitrogens with zero attached hydrogens (tertiary/aromatic N) is 1. The van der Waals surface area contributed by atoms with E-state index in [1.807, 2.05) is 30.3 Å². The molecule has 0 unspecified atom stereocenters. The molecule has 0 bridgehead atoms. The van der Waals surface area contributed by atoms with Crippen LogP contribution in [0.3, 0.4) is 0 Å². The van der Waals surface area contributed by atoms with Gasteiger partial charge in [-0.1, -0.05) is 30.3 Å². The van der Waals surface area contributed by atoms with Crippen LogP contribution in [-0.4, -0.2) is 10.5 Å². The van der Waals surface area contributed by atoms with Gasteiger partial charge in [0.25, 0.3) is 0 Å². The van der Waals surface area contributed by atoms with Crippen LogP contribution in [0.5, 0.6) is 0 Å². The fourth-order valence-electron chi connectivity index (χ4n) is 3.06. The number of rotatable bonds is 1. The van der Waals surface area contributed by atoms with E-state index >= 15 is 0 Å². The number of halogens is 1. The van der Waals surface area contributed by atoms with E-state index in [9.17, 15) is 14.0 Å². The first-order valence-corrected chi connectivity index (χ1v) is 7.40. The Balaban J connectivity index is 2.28. The standard InChI is InChI=1S/C19H12FNO3/c1-11(22)21-16-9-13(20)7-8-14(16)19-18(21)15(10-17(23)24-19)12-5-3-2-4-6-12/h2-10H,1H3. The molecule has 0 saturated carbocycles. The van der Waals surface area contributed by atoms with Crippen LogP contribution in [0.2, 0.25) is 0 Å². The Morgan fingerprint density at radius 2 is 1.83 bits per heavy atom. The predicted molar refractivity (Wildman–Crippen MR) is 89.7 cm³/mol. The van der Waals surface area contributed by atoms with Gasteiger partial charge in [-0.3, -0.25) is 9.36 Å². The van der Waals surface area contributed by atoms with Crippen molar-refractivity contribution in [3.63, 3.8) is 0 Å². The Labute approximate surface area is 135 Å². The lowest BCUT2D eigenvalue weighted by Gasteiger charge is -2.07. The van der Waals surface area contributed by atoms with E-state index in [4.69, 9.17) is 4.42 Å². The number of aromatic nitrogens is 1. The summed E-state index contributed by atoms with van der Waals surface area (Å²) >= 11 is 0. The zero-order valence-electron chi connectivity index (χ0n) is 12.7. The van der Waals surface area contributed by atoms with Crippen molar-refractivity contribution in [1.29, 1.82) is 0 Å². The van der Waals surface area contributed by atoms with Crippen molar-refractivity contribution in [2.75, 3.05) is 0 Å². The van der Waals surface area contributed by atoms with Gasteiger partial charge in [-0.2, -0.15) is 0 Å². The second kappa shape index (κ2) is 5.16.